The van der Waals surface area contributed by atoms with Crippen molar-refractivity contribution >= 4 is 33.8 Å². The summed E-state index contributed by atoms with van der Waals surface area (Å²) >= 11 is 6.77. The van der Waals surface area contributed by atoms with E-state index < -0.39 is 5.60 Å². The summed E-state index contributed by atoms with van der Waals surface area (Å²) in [5.74, 6) is 0.101. The zero-order chi connectivity index (χ0) is 26.3. The van der Waals surface area contributed by atoms with Crippen LogP contribution in [0.2, 0.25) is 5.02 Å². The van der Waals surface area contributed by atoms with Crippen molar-refractivity contribution in [2.24, 2.45) is 0 Å². The quantitative estimate of drug-likeness (QED) is 0.274. The van der Waals surface area contributed by atoms with Gasteiger partial charge in [-0.05, 0) is 87.9 Å². The van der Waals surface area contributed by atoms with Crippen LogP contribution in [0.5, 0.6) is 0 Å². The molecule has 1 unspecified atom stereocenters. The molecule has 5 rings (SSSR count). The van der Waals surface area contributed by atoms with Gasteiger partial charge in [-0.15, -0.1) is 0 Å². The molecule has 0 saturated heterocycles. The van der Waals surface area contributed by atoms with Crippen LogP contribution in [0.3, 0.4) is 0 Å². The molecule has 0 saturated carbocycles. The molecule has 2 N–H and O–H groups in total. The number of anilines is 1. The summed E-state index contributed by atoms with van der Waals surface area (Å²) in [6, 6.07) is 10.9. The first kappa shape index (κ1) is 25.3. The number of pyridine rings is 1. The lowest BCUT2D eigenvalue weighted by molar-refractivity contribution is 0.0687. The van der Waals surface area contributed by atoms with Gasteiger partial charge in [-0.3, -0.25) is 4.98 Å². The molecule has 37 heavy (non-hydrogen) atoms. The van der Waals surface area contributed by atoms with Gasteiger partial charge < -0.3 is 10.4 Å². The maximum atomic E-state index is 15.0. The highest BCUT2D eigenvalue weighted by atomic mass is 35.5. The molecular weight excluding hydrogens is 487 g/mol. The van der Waals surface area contributed by atoms with E-state index in [1.807, 2.05) is 44.2 Å². The third-order valence-electron chi connectivity index (χ3n) is 6.86. The van der Waals surface area contributed by atoms with E-state index in [9.17, 15) is 9.50 Å². The lowest BCUT2D eigenvalue weighted by Gasteiger charge is -2.21. The highest BCUT2D eigenvalue weighted by molar-refractivity contribution is 6.35. The van der Waals surface area contributed by atoms with Gasteiger partial charge in [0.2, 0.25) is 0 Å². The van der Waals surface area contributed by atoms with Gasteiger partial charge in [0, 0.05) is 28.9 Å². The normalized spacial score (nSPS) is 14.6. The Balaban J connectivity index is 1.54. The second-order valence-corrected chi connectivity index (χ2v) is 10.6. The van der Waals surface area contributed by atoms with Gasteiger partial charge in [-0.25, -0.2) is 14.4 Å². The predicted octanol–water partition coefficient (Wildman–Crippen LogP) is 7.76. The van der Waals surface area contributed by atoms with Crippen molar-refractivity contribution in [2.45, 2.75) is 58.6 Å². The van der Waals surface area contributed by atoms with Crippen LogP contribution in [0.1, 0.15) is 68.7 Å². The fraction of sp³-hybridized carbons (Fsp3) is 0.300. The van der Waals surface area contributed by atoms with Gasteiger partial charge in [0.1, 0.15) is 11.4 Å². The smallest absolute Gasteiger partial charge is 0.159 e. The zero-order valence-corrected chi connectivity index (χ0v) is 22.2. The first-order chi connectivity index (χ1) is 17.6. The van der Waals surface area contributed by atoms with E-state index >= 15 is 0 Å². The van der Waals surface area contributed by atoms with Crippen LogP contribution in [0, 0.1) is 12.7 Å². The summed E-state index contributed by atoms with van der Waals surface area (Å²) in [5, 5.41) is 15.0. The molecule has 0 bridgehead atoms. The maximum Gasteiger partial charge on any atom is 0.159 e. The van der Waals surface area contributed by atoms with Gasteiger partial charge in [-0.2, -0.15) is 0 Å². The average molecular weight is 517 g/mol. The zero-order valence-electron chi connectivity index (χ0n) is 21.4. The van der Waals surface area contributed by atoms with E-state index in [4.69, 9.17) is 11.6 Å². The average Bonchev–Trinajstić information content (AvgIpc) is 3.41. The molecule has 0 spiro atoms. The van der Waals surface area contributed by atoms with Crippen molar-refractivity contribution in [1.29, 1.82) is 0 Å². The predicted molar refractivity (Wildman–Crippen MR) is 148 cm³/mol. The number of nitrogens with one attached hydrogen (secondary N) is 1. The molecule has 0 amide bonds. The van der Waals surface area contributed by atoms with Crippen LogP contribution in [-0.4, -0.2) is 20.1 Å². The number of hydrogen-bond donors (Lipinski definition) is 2. The standard InChI is InChI=1S/C30H30ClFN4O/c1-17(23-13-20(9-11-25(23)32)19-7-5-6-8-19)36-28-24-14-21(10-12-26(24)35-18(2)27(28)31)22-15-33-29(34-16-22)30(3,4)37/h7,9-17,37H,5-6,8H2,1-4H3,(H,35,36). The number of aliphatic hydroxyl groups is 1. The van der Waals surface area contributed by atoms with Crippen molar-refractivity contribution in [3.63, 3.8) is 0 Å². The Morgan fingerprint density at radius 3 is 2.46 bits per heavy atom. The monoisotopic (exact) mass is 516 g/mol. The molecule has 190 valence electrons. The van der Waals surface area contributed by atoms with Gasteiger partial charge >= 0.3 is 0 Å². The number of benzene rings is 2. The number of allylic oxidation sites excluding steroid dienone is 2. The Morgan fingerprint density at radius 1 is 1.05 bits per heavy atom. The minimum absolute atomic E-state index is 0.252. The van der Waals surface area contributed by atoms with Crippen molar-refractivity contribution in [1.82, 2.24) is 15.0 Å². The van der Waals surface area contributed by atoms with E-state index in [0.29, 0.717) is 27.8 Å². The molecule has 2 aromatic heterocycles. The summed E-state index contributed by atoms with van der Waals surface area (Å²) in [4.78, 5) is 13.3. The van der Waals surface area contributed by atoms with E-state index in [2.05, 4.69) is 26.3 Å². The van der Waals surface area contributed by atoms with Gasteiger partial charge in [0.15, 0.2) is 5.82 Å². The molecule has 7 heteroatoms. The maximum absolute atomic E-state index is 15.0. The first-order valence-corrected chi connectivity index (χ1v) is 12.9. The van der Waals surface area contributed by atoms with Crippen molar-refractivity contribution in [3.8, 4) is 11.1 Å². The second kappa shape index (κ2) is 9.84. The number of aryl methyl sites for hydroxylation is 1. The lowest BCUT2D eigenvalue weighted by Crippen LogP contribution is -2.19. The topological polar surface area (TPSA) is 70.9 Å². The van der Waals surface area contributed by atoms with Crippen LogP contribution >= 0.6 is 11.6 Å². The molecule has 2 aromatic carbocycles. The highest BCUT2D eigenvalue weighted by Gasteiger charge is 2.21. The first-order valence-electron chi connectivity index (χ1n) is 12.5. The minimum Gasteiger partial charge on any atom is -0.382 e. The second-order valence-electron chi connectivity index (χ2n) is 10.2. The Morgan fingerprint density at radius 2 is 1.78 bits per heavy atom. The molecule has 0 fully saturated rings. The summed E-state index contributed by atoms with van der Waals surface area (Å²) in [6.45, 7) is 7.10. The van der Waals surface area contributed by atoms with E-state index in [1.54, 1.807) is 32.3 Å². The number of aromatic nitrogens is 3. The number of nitrogens with zero attached hydrogens (tertiary/aromatic N) is 3. The summed E-state index contributed by atoms with van der Waals surface area (Å²) < 4.78 is 15.0. The summed E-state index contributed by atoms with van der Waals surface area (Å²) in [5.41, 5.74) is 5.68. The number of rotatable bonds is 6. The third kappa shape index (κ3) is 5.09. The highest BCUT2D eigenvalue weighted by Crippen LogP contribution is 2.38. The fourth-order valence-corrected chi connectivity index (χ4v) is 4.98. The van der Waals surface area contributed by atoms with E-state index in [-0.39, 0.29) is 11.9 Å². The molecule has 5 nitrogen and oxygen atoms in total. The fourth-order valence-electron chi connectivity index (χ4n) is 4.78. The molecule has 0 radical (unpaired) electrons. The van der Waals surface area contributed by atoms with Crippen LogP contribution < -0.4 is 5.32 Å². The van der Waals surface area contributed by atoms with E-state index in [1.165, 1.54) is 5.57 Å². The van der Waals surface area contributed by atoms with E-state index in [0.717, 1.165) is 46.9 Å². The van der Waals surface area contributed by atoms with Crippen LogP contribution in [0.25, 0.3) is 27.6 Å². The van der Waals surface area contributed by atoms with Crippen molar-refractivity contribution in [3.05, 3.63) is 88.4 Å². The molecule has 0 aliphatic heterocycles. The van der Waals surface area contributed by atoms with Gasteiger partial charge in [0.25, 0.3) is 0 Å². The van der Waals surface area contributed by atoms with Crippen LogP contribution in [-0.2, 0) is 5.60 Å². The molecule has 1 atom stereocenters. The van der Waals surface area contributed by atoms with Crippen molar-refractivity contribution in [2.75, 3.05) is 5.32 Å². The van der Waals surface area contributed by atoms with Crippen LogP contribution in [0.4, 0.5) is 10.1 Å². The summed E-state index contributed by atoms with van der Waals surface area (Å²) in [7, 11) is 0. The Labute approximate surface area is 221 Å². The third-order valence-corrected chi connectivity index (χ3v) is 7.32. The minimum atomic E-state index is -1.12. The molecular formula is C30H30ClFN4O. The largest absolute Gasteiger partial charge is 0.382 e. The Kier molecular flexibility index (Phi) is 6.73. The Hall–Kier alpha value is -3.35. The molecule has 2 heterocycles. The number of halogens is 2. The molecule has 1 aliphatic carbocycles. The van der Waals surface area contributed by atoms with Gasteiger partial charge in [-0.1, -0.05) is 29.8 Å². The van der Waals surface area contributed by atoms with Crippen LogP contribution in [0.15, 0.2) is 54.9 Å². The lowest BCUT2D eigenvalue weighted by atomic mass is 9.98. The molecule has 1 aliphatic rings. The summed E-state index contributed by atoms with van der Waals surface area (Å²) in [6.07, 6.45) is 8.86. The van der Waals surface area contributed by atoms with Crippen molar-refractivity contribution < 1.29 is 9.50 Å². The SMILES string of the molecule is Cc1nc2ccc(-c3cnc(C(C)(C)O)nc3)cc2c(NC(C)c2cc(C3=CCCC3)ccc2F)c1Cl. The number of hydrogen-bond acceptors (Lipinski definition) is 5. The van der Waals surface area contributed by atoms with Gasteiger partial charge in [0.05, 0.1) is 28.0 Å². The molecule has 4 aromatic rings. The Bertz CT molecular complexity index is 1510. The number of fused-ring (bicyclic) bond motifs is 1.